The van der Waals surface area contributed by atoms with E-state index in [1.807, 2.05) is 12.1 Å². The molecular weight excluding hydrogens is 591 g/mol. The summed E-state index contributed by atoms with van der Waals surface area (Å²) in [6.45, 7) is 3.11. The van der Waals surface area contributed by atoms with Crippen LogP contribution in [0.1, 0.15) is 52.2 Å². The van der Waals surface area contributed by atoms with Crippen molar-refractivity contribution in [1.29, 1.82) is 0 Å². The number of rotatable bonds is 4. The normalized spacial score (nSPS) is 21.0. The van der Waals surface area contributed by atoms with Crippen LogP contribution in [0.3, 0.4) is 0 Å². The van der Waals surface area contributed by atoms with Crippen molar-refractivity contribution in [2.45, 2.75) is 49.6 Å². The highest BCUT2D eigenvalue weighted by atomic mass is 35.5. The molecule has 2 saturated heterocycles. The average molecular weight is 621 g/mol. The van der Waals surface area contributed by atoms with E-state index in [4.69, 9.17) is 11.6 Å². The molecule has 0 bridgehead atoms. The first kappa shape index (κ1) is 33.5. The Labute approximate surface area is 240 Å². The van der Waals surface area contributed by atoms with Gasteiger partial charge in [-0.2, -0.15) is 26.3 Å². The molecule has 2 aliphatic heterocycles. The van der Waals surface area contributed by atoms with Crippen molar-refractivity contribution in [2.24, 2.45) is 0 Å². The molecule has 0 aliphatic carbocycles. The number of likely N-dealkylation sites (tertiary alicyclic amines) is 1. The van der Waals surface area contributed by atoms with E-state index in [1.54, 1.807) is 12.1 Å². The van der Waals surface area contributed by atoms with Gasteiger partial charge in [0, 0.05) is 48.7 Å². The van der Waals surface area contributed by atoms with Crippen molar-refractivity contribution in [3.63, 3.8) is 0 Å². The van der Waals surface area contributed by atoms with Crippen LogP contribution in [0.15, 0.2) is 42.5 Å². The number of nitrogens with one attached hydrogen (secondary N) is 1. The van der Waals surface area contributed by atoms with Gasteiger partial charge in [0.25, 0.3) is 5.91 Å². The summed E-state index contributed by atoms with van der Waals surface area (Å²) < 4.78 is 80.3. The molecule has 2 heterocycles. The van der Waals surface area contributed by atoms with Gasteiger partial charge in [-0.05, 0) is 68.2 Å². The van der Waals surface area contributed by atoms with Crippen LogP contribution in [0.2, 0.25) is 5.02 Å². The summed E-state index contributed by atoms with van der Waals surface area (Å²) in [6.07, 6.45) is -7.55. The molecule has 2 aromatic rings. The van der Waals surface area contributed by atoms with Crippen molar-refractivity contribution in [2.75, 3.05) is 33.2 Å². The van der Waals surface area contributed by atoms with E-state index < -0.39 is 41.0 Å². The quantitative estimate of drug-likeness (QED) is 0.378. The fourth-order valence-corrected chi connectivity index (χ4v) is 5.53. The molecule has 4 rings (SSSR count). The SMILES string of the molecule is CN(C(=O)c1cc(C(F)(F)F)cc(C(F)(F)F)c1)[C@@H]1CCN(C2CCNCC2)C[C@H]1c1ccc(Cl)cc1.Cl.Cl. The Morgan fingerprint density at radius 1 is 0.923 bits per heavy atom. The highest BCUT2D eigenvalue weighted by molar-refractivity contribution is 6.30. The summed E-state index contributed by atoms with van der Waals surface area (Å²) in [5.74, 6) is -1.07. The Morgan fingerprint density at radius 3 is 1.97 bits per heavy atom. The number of likely N-dealkylation sites (N-methyl/N-ethyl adjacent to an activating group) is 1. The van der Waals surface area contributed by atoms with Crippen LogP contribution in [0, 0.1) is 0 Å². The van der Waals surface area contributed by atoms with Gasteiger partial charge in [0.05, 0.1) is 11.1 Å². The molecule has 0 radical (unpaired) electrons. The number of piperidine rings is 2. The van der Waals surface area contributed by atoms with Crippen molar-refractivity contribution < 1.29 is 31.1 Å². The number of hydrogen-bond acceptors (Lipinski definition) is 3. The maximum Gasteiger partial charge on any atom is 0.416 e. The Hall–Kier alpha value is -1.72. The van der Waals surface area contributed by atoms with E-state index in [0.29, 0.717) is 42.7 Å². The monoisotopic (exact) mass is 619 g/mol. The standard InChI is InChI=1S/C26H28ClF6N3O.2ClH/c1-35(24(37)17-12-18(25(28,29)30)14-19(13-17)26(31,32)33)23-8-11-36(21-6-9-34-10-7-21)15-22(23)16-2-4-20(27)5-3-16;;/h2-5,12-14,21-23,34H,6-11,15H2,1H3;2*1H/t22-,23+;;/m0../s1. The van der Waals surface area contributed by atoms with Crippen LogP contribution < -0.4 is 5.32 Å². The van der Waals surface area contributed by atoms with Crippen LogP contribution in [0.4, 0.5) is 26.3 Å². The number of amides is 1. The molecule has 2 aromatic carbocycles. The first-order valence-corrected chi connectivity index (χ1v) is 12.5. The number of hydrogen-bond donors (Lipinski definition) is 1. The smallest absolute Gasteiger partial charge is 0.338 e. The maximum atomic E-state index is 13.4. The minimum Gasteiger partial charge on any atom is -0.338 e. The van der Waals surface area contributed by atoms with Crippen LogP contribution >= 0.6 is 36.4 Å². The van der Waals surface area contributed by atoms with Gasteiger partial charge < -0.3 is 10.2 Å². The van der Waals surface area contributed by atoms with E-state index in [2.05, 4.69) is 10.2 Å². The minimum absolute atomic E-state index is 0. The topological polar surface area (TPSA) is 35.6 Å². The first-order valence-electron chi connectivity index (χ1n) is 12.1. The summed E-state index contributed by atoms with van der Waals surface area (Å²) in [7, 11) is 1.45. The molecule has 0 aromatic heterocycles. The zero-order valence-corrected chi connectivity index (χ0v) is 23.4. The number of carbonyl (C=O) groups excluding carboxylic acids is 1. The van der Waals surface area contributed by atoms with Gasteiger partial charge in [0.15, 0.2) is 0 Å². The lowest BCUT2D eigenvalue weighted by Gasteiger charge is -2.46. The zero-order chi connectivity index (χ0) is 27.0. The fraction of sp³-hybridized carbons (Fsp3) is 0.500. The summed E-state index contributed by atoms with van der Waals surface area (Å²) in [4.78, 5) is 17.0. The molecule has 39 heavy (non-hydrogen) atoms. The highest BCUT2D eigenvalue weighted by Gasteiger charge is 2.40. The second-order valence-electron chi connectivity index (χ2n) is 9.70. The van der Waals surface area contributed by atoms with Gasteiger partial charge in [-0.15, -0.1) is 24.8 Å². The van der Waals surface area contributed by atoms with Gasteiger partial charge in [0.1, 0.15) is 0 Å². The van der Waals surface area contributed by atoms with Crippen molar-refractivity contribution in [3.05, 3.63) is 69.7 Å². The molecular formula is C26H30Cl3F6N3O. The van der Waals surface area contributed by atoms with Crippen molar-refractivity contribution >= 4 is 42.3 Å². The lowest BCUT2D eigenvalue weighted by molar-refractivity contribution is -0.143. The summed E-state index contributed by atoms with van der Waals surface area (Å²) in [5.41, 5.74) is -2.74. The second kappa shape index (κ2) is 13.3. The first-order chi connectivity index (χ1) is 17.3. The molecule has 2 aliphatic rings. The van der Waals surface area contributed by atoms with Crippen LogP contribution in [0.25, 0.3) is 0 Å². The van der Waals surface area contributed by atoms with E-state index in [9.17, 15) is 31.1 Å². The molecule has 0 spiro atoms. The predicted octanol–water partition coefficient (Wildman–Crippen LogP) is 6.90. The maximum absolute atomic E-state index is 13.4. The van der Waals surface area contributed by atoms with Crippen LogP contribution in [0.5, 0.6) is 0 Å². The summed E-state index contributed by atoms with van der Waals surface area (Å²) >= 11 is 6.07. The van der Waals surface area contributed by atoms with Gasteiger partial charge >= 0.3 is 12.4 Å². The minimum atomic E-state index is -5.03. The number of carbonyl (C=O) groups is 1. The second-order valence-corrected chi connectivity index (χ2v) is 10.1. The number of benzene rings is 2. The third-order valence-electron chi connectivity index (χ3n) is 7.38. The molecule has 1 N–H and O–H groups in total. The Kier molecular flexibility index (Phi) is 11.4. The predicted molar refractivity (Wildman–Crippen MR) is 143 cm³/mol. The number of halogens is 9. The lowest BCUT2D eigenvalue weighted by Crippen LogP contribution is -2.54. The van der Waals surface area contributed by atoms with Crippen molar-refractivity contribution in [3.8, 4) is 0 Å². The van der Waals surface area contributed by atoms with Gasteiger partial charge in [0.2, 0.25) is 0 Å². The molecule has 2 atom stereocenters. The highest BCUT2D eigenvalue weighted by Crippen LogP contribution is 2.38. The largest absolute Gasteiger partial charge is 0.416 e. The van der Waals surface area contributed by atoms with E-state index in [1.165, 1.54) is 11.9 Å². The molecule has 13 heteroatoms. The average Bonchev–Trinajstić information content (AvgIpc) is 2.87. The zero-order valence-electron chi connectivity index (χ0n) is 21.0. The third-order valence-corrected chi connectivity index (χ3v) is 7.64. The summed E-state index contributed by atoms with van der Waals surface area (Å²) in [5, 5.41) is 3.88. The van der Waals surface area contributed by atoms with Gasteiger partial charge in [-0.3, -0.25) is 9.69 Å². The number of alkyl halides is 6. The Morgan fingerprint density at radius 2 is 1.46 bits per heavy atom. The van der Waals surface area contributed by atoms with E-state index in [0.717, 1.165) is 31.5 Å². The number of nitrogens with zero attached hydrogens (tertiary/aromatic N) is 2. The Balaban J connectivity index is 0.00000267. The van der Waals surface area contributed by atoms with Crippen molar-refractivity contribution in [1.82, 2.24) is 15.1 Å². The van der Waals surface area contributed by atoms with E-state index in [-0.39, 0.29) is 36.8 Å². The summed E-state index contributed by atoms with van der Waals surface area (Å²) in [6, 6.07) is 8.16. The lowest BCUT2D eigenvalue weighted by atomic mass is 9.83. The molecule has 4 nitrogen and oxygen atoms in total. The fourth-order valence-electron chi connectivity index (χ4n) is 5.40. The molecule has 2 fully saturated rings. The molecule has 218 valence electrons. The molecule has 1 amide bonds. The van der Waals surface area contributed by atoms with E-state index >= 15 is 0 Å². The molecule has 0 saturated carbocycles. The van der Waals surface area contributed by atoms with Crippen LogP contribution in [-0.4, -0.2) is 61.0 Å². The third kappa shape index (κ3) is 7.94. The van der Waals surface area contributed by atoms with Gasteiger partial charge in [-0.25, -0.2) is 0 Å². The molecule has 0 unspecified atom stereocenters. The Bertz CT molecular complexity index is 1080. The van der Waals surface area contributed by atoms with Crippen LogP contribution in [-0.2, 0) is 12.4 Å². The van der Waals surface area contributed by atoms with Gasteiger partial charge in [-0.1, -0.05) is 23.7 Å².